The van der Waals surface area contributed by atoms with Crippen LogP contribution in [-0.2, 0) is 11.3 Å². The predicted octanol–water partition coefficient (Wildman–Crippen LogP) is 5.38. The number of fused-ring (bicyclic) bond motifs is 1. The molecular formula is C27H34FN5O4. The van der Waals surface area contributed by atoms with Crippen molar-refractivity contribution in [1.82, 2.24) is 19.8 Å². The molecule has 0 saturated heterocycles. The summed E-state index contributed by atoms with van der Waals surface area (Å²) in [6.07, 6.45) is 5.82. The van der Waals surface area contributed by atoms with Gasteiger partial charge in [0.05, 0.1) is 36.1 Å². The zero-order valence-electron chi connectivity index (χ0n) is 21.9. The number of benzene rings is 1. The Morgan fingerprint density at radius 1 is 1.27 bits per heavy atom. The molecule has 5 rings (SSSR count). The van der Waals surface area contributed by atoms with Crippen molar-refractivity contribution >= 4 is 17.1 Å². The Labute approximate surface area is 215 Å². The number of hydrogen-bond acceptors (Lipinski definition) is 7. The number of carbonyl (C=O) groups excluding carboxylic acids is 1. The number of nitrogens with one attached hydrogen (secondary N) is 1. The molecule has 1 fully saturated rings. The van der Waals surface area contributed by atoms with Gasteiger partial charge in [-0.3, -0.25) is 4.79 Å². The molecule has 1 aromatic carbocycles. The van der Waals surface area contributed by atoms with Gasteiger partial charge < -0.3 is 19.7 Å². The largest absolute Gasteiger partial charge is 0.388 e. The Hall–Kier alpha value is -3.63. The molecule has 198 valence electrons. The standard InChI is InChI=1S/C22H23N5O4.C3H5F.C2H6/c1-14-4-6-16(20-23-13-31-26-20)8-18(14)25-21(28)17-9-24-27-10-15(5-7-19(17)27)11-30-12-22(2,3)29;4-3-1-2-3;1-2/h4-10,13,29H,11-12H2,1-3H3,(H,25,28);3H,1-2H2;1-2H3. The lowest BCUT2D eigenvalue weighted by Crippen LogP contribution is -2.25. The smallest absolute Gasteiger partial charge is 0.259 e. The van der Waals surface area contributed by atoms with Crippen molar-refractivity contribution in [2.24, 2.45) is 0 Å². The van der Waals surface area contributed by atoms with Crippen molar-refractivity contribution in [1.29, 1.82) is 0 Å². The number of amides is 1. The van der Waals surface area contributed by atoms with Gasteiger partial charge in [0, 0.05) is 17.4 Å². The molecule has 0 atom stereocenters. The molecule has 3 heterocycles. The minimum Gasteiger partial charge on any atom is -0.388 e. The first-order chi connectivity index (χ1) is 17.7. The van der Waals surface area contributed by atoms with Gasteiger partial charge in [-0.2, -0.15) is 10.1 Å². The van der Waals surface area contributed by atoms with Crippen molar-refractivity contribution in [3.05, 3.63) is 65.8 Å². The molecule has 3 aromatic heterocycles. The summed E-state index contributed by atoms with van der Waals surface area (Å²) in [6.45, 7) is 9.84. The van der Waals surface area contributed by atoms with Crippen LogP contribution in [0, 0.1) is 6.92 Å². The molecule has 0 bridgehead atoms. The lowest BCUT2D eigenvalue weighted by molar-refractivity contribution is -0.0269. The van der Waals surface area contributed by atoms with E-state index >= 15 is 0 Å². The number of aliphatic hydroxyl groups is 1. The number of nitrogens with zero attached hydrogens (tertiary/aromatic N) is 4. The van der Waals surface area contributed by atoms with Crippen molar-refractivity contribution in [3.8, 4) is 11.4 Å². The van der Waals surface area contributed by atoms with E-state index in [0.717, 1.165) is 29.5 Å². The van der Waals surface area contributed by atoms with Gasteiger partial charge in [-0.25, -0.2) is 8.91 Å². The Kier molecular flexibility index (Phi) is 9.48. The highest BCUT2D eigenvalue weighted by Gasteiger charge is 2.18. The first-order valence-corrected chi connectivity index (χ1v) is 12.3. The Morgan fingerprint density at radius 2 is 2.00 bits per heavy atom. The van der Waals surface area contributed by atoms with Crippen LogP contribution in [0.25, 0.3) is 16.9 Å². The Balaban J connectivity index is 0.000000567. The molecule has 1 saturated carbocycles. The lowest BCUT2D eigenvalue weighted by Gasteiger charge is -2.16. The van der Waals surface area contributed by atoms with Gasteiger partial charge in [0.25, 0.3) is 5.91 Å². The molecule has 0 radical (unpaired) electrons. The number of ether oxygens (including phenoxy) is 1. The van der Waals surface area contributed by atoms with Crippen LogP contribution in [-0.4, -0.2) is 49.1 Å². The average Bonchev–Trinajstić information content (AvgIpc) is 3.31. The van der Waals surface area contributed by atoms with Crippen LogP contribution >= 0.6 is 0 Å². The van der Waals surface area contributed by atoms with Crippen molar-refractivity contribution in [2.75, 3.05) is 11.9 Å². The number of pyridine rings is 1. The first kappa shape index (κ1) is 27.9. The van der Waals surface area contributed by atoms with Crippen LogP contribution < -0.4 is 5.32 Å². The van der Waals surface area contributed by atoms with Gasteiger partial charge in [-0.15, -0.1) is 0 Å². The Morgan fingerprint density at radius 3 is 2.62 bits per heavy atom. The summed E-state index contributed by atoms with van der Waals surface area (Å²) in [5.41, 5.74) is 3.43. The van der Waals surface area contributed by atoms with Gasteiger partial charge in [0.1, 0.15) is 6.17 Å². The summed E-state index contributed by atoms with van der Waals surface area (Å²) in [5, 5.41) is 20.8. The fourth-order valence-electron chi connectivity index (χ4n) is 3.15. The number of alkyl halides is 1. The summed E-state index contributed by atoms with van der Waals surface area (Å²) in [6, 6.07) is 9.26. The highest BCUT2D eigenvalue weighted by atomic mass is 19.1. The highest BCUT2D eigenvalue weighted by molar-refractivity contribution is 6.09. The Bertz CT molecular complexity index is 1290. The van der Waals surface area contributed by atoms with E-state index in [4.69, 9.17) is 9.26 Å². The summed E-state index contributed by atoms with van der Waals surface area (Å²) in [5.74, 6) is 0.181. The summed E-state index contributed by atoms with van der Waals surface area (Å²) >= 11 is 0. The summed E-state index contributed by atoms with van der Waals surface area (Å²) in [7, 11) is 0. The second-order valence-electron chi connectivity index (χ2n) is 9.14. The van der Waals surface area contributed by atoms with Crippen LogP contribution in [0.1, 0.15) is 62.0 Å². The topological polar surface area (TPSA) is 115 Å². The van der Waals surface area contributed by atoms with Crippen molar-refractivity contribution < 1.29 is 23.6 Å². The number of aryl methyl sites for hydroxylation is 1. The molecule has 0 aliphatic heterocycles. The predicted molar refractivity (Wildman–Crippen MR) is 139 cm³/mol. The maximum atomic E-state index is 12.9. The van der Waals surface area contributed by atoms with E-state index in [9.17, 15) is 14.3 Å². The number of anilines is 1. The molecule has 37 heavy (non-hydrogen) atoms. The van der Waals surface area contributed by atoms with E-state index in [1.165, 1.54) is 12.6 Å². The fraction of sp³-hybridized carbons (Fsp3) is 0.407. The second kappa shape index (κ2) is 12.6. The number of carbonyl (C=O) groups is 1. The van der Waals surface area contributed by atoms with Crippen LogP contribution in [0.2, 0.25) is 0 Å². The molecule has 4 aromatic rings. The summed E-state index contributed by atoms with van der Waals surface area (Å²) < 4.78 is 23.1. The van der Waals surface area contributed by atoms with Gasteiger partial charge >= 0.3 is 0 Å². The van der Waals surface area contributed by atoms with E-state index in [-0.39, 0.29) is 12.5 Å². The summed E-state index contributed by atoms with van der Waals surface area (Å²) in [4.78, 5) is 17.0. The maximum absolute atomic E-state index is 12.9. The van der Waals surface area contributed by atoms with E-state index in [1.54, 1.807) is 24.6 Å². The second-order valence-corrected chi connectivity index (χ2v) is 9.14. The first-order valence-electron chi connectivity index (χ1n) is 12.3. The van der Waals surface area contributed by atoms with E-state index < -0.39 is 11.8 Å². The van der Waals surface area contributed by atoms with E-state index in [2.05, 4.69) is 20.6 Å². The van der Waals surface area contributed by atoms with Crippen molar-refractivity contribution in [2.45, 2.75) is 65.8 Å². The average molecular weight is 512 g/mol. The third-order valence-electron chi connectivity index (χ3n) is 5.16. The third-order valence-corrected chi connectivity index (χ3v) is 5.16. The molecule has 0 unspecified atom stereocenters. The molecule has 2 N–H and O–H groups in total. The minimum absolute atomic E-state index is 0.222. The van der Waals surface area contributed by atoms with Gasteiger partial charge in [-0.05, 0) is 56.9 Å². The quantitative estimate of drug-likeness (QED) is 0.342. The minimum atomic E-state index is -0.889. The lowest BCUT2D eigenvalue weighted by atomic mass is 10.1. The number of rotatable bonds is 7. The zero-order chi connectivity index (χ0) is 27.0. The molecule has 0 spiro atoms. The van der Waals surface area contributed by atoms with Crippen LogP contribution in [0.4, 0.5) is 10.1 Å². The van der Waals surface area contributed by atoms with Crippen LogP contribution in [0.15, 0.2) is 53.6 Å². The SMILES string of the molecule is CC.Cc1ccc(-c2ncon2)cc1NC(=O)c1cnn2cc(COCC(C)(C)O)ccc12.FC1CC1. The normalized spacial score (nSPS) is 12.8. The maximum Gasteiger partial charge on any atom is 0.259 e. The highest BCUT2D eigenvalue weighted by Crippen LogP contribution is 2.24. The molecule has 9 nitrogen and oxygen atoms in total. The van der Waals surface area contributed by atoms with Crippen molar-refractivity contribution in [3.63, 3.8) is 0 Å². The monoisotopic (exact) mass is 511 g/mol. The zero-order valence-corrected chi connectivity index (χ0v) is 21.9. The molecular weight excluding hydrogens is 477 g/mol. The van der Waals surface area contributed by atoms with E-state index in [0.29, 0.717) is 29.2 Å². The number of aromatic nitrogens is 4. The van der Waals surface area contributed by atoms with Crippen LogP contribution in [0.5, 0.6) is 0 Å². The molecule has 1 aliphatic carbocycles. The molecule has 1 amide bonds. The number of halogens is 1. The van der Waals surface area contributed by atoms with Gasteiger partial charge in [-0.1, -0.05) is 37.2 Å². The molecule has 1 aliphatic rings. The molecule has 10 heteroatoms. The van der Waals surface area contributed by atoms with E-state index in [1.807, 2.05) is 51.1 Å². The third kappa shape index (κ3) is 8.19. The van der Waals surface area contributed by atoms with Crippen LogP contribution in [0.3, 0.4) is 0 Å². The fourth-order valence-corrected chi connectivity index (χ4v) is 3.15. The van der Waals surface area contributed by atoms with Gasteiger partial charge in [0.2, 0.25) is 12.2 Å². The van der Waals surface area contributed by atoms with Gasteiger partial charge in [0.15, 0.2) is 0 Å². The number of hydrogen-bond donors (Lipinski definition) is 2.